The van der Waals surface area contributed by atoms with Crippen LogP contribution in [0.25, 0.3) is 11.0 Å². The first-order valence-corrected chi connectivity index (χ1v) is 5.96. The van der Waals surface area contributed by atoms with Gasteiger partial charge in [-0.1, -0.05) is 12.1 Å². The van der Waals surface area contributed by atoms with Crippen LogP contribution in [0.3, 0.4) is 0 Å². The highest BCUT2D eigenvalue weighted by molar-refractivity contribution is 6.16. The summed E-state index contributed by atoms with van der Waals surface area (Å²) in [5, 5.41) is 0. The SMILES string of the molecule is Cc1cccc2c1nc(CCl)n2CCC(N)=O. The van der Waals surface area contributed by atoms with Gasteiger partial charge >= 0.3 is 0 Å². The number of nitrogens with zero attached hydrogens (tertiary/aromatic N) is 2. The number of carbonyl (C=O) groups excluding carboxylic acids is 1. The van der Waals surface area contributed by atoms with Crippen LogP contribution in [-0.4, -0.2) is 15.5 Å². The summed E-state index contributed by atoms with van der Waals surface area (Å²) >= 11 is 5.87. The van der Waals surface area contributed by atoms with E-state index in [0.717, 1.165) is 22.4 Å². The Kier molecular flexibility index (Phi) is 3.33. The van der Waals surface area contributed by atoms with Gasteiger partial charge in [-0.25, -0.2) is 4.98 Å². The summed E-state index contributed by atoms with van der Waals surface area (Å²) in [5.41, 5.74) is 8.21. The largest absolute Gasteiger partial charge is 0.370 e. The van der Waals surface area contributed by atoms with E-state index in [2.05, 4.69) is 4.98 Å². The lowest BCUT2D eigenvalue weighted by Crippen LogP contribution is -2.14. The monoisotopic (exact) mass is 251 g/mol. The second-order valence-corrected chi connectivity index (χ2v) is 4.24. The summed E-state index contributed by atoms with van der Waals surface area (Å²) in [5.74, 6) is 0.782. The number of aromatic nitrogens is 2. The Morgan fingerprint density at radius 3 is 2.94 bits per heavy atom. The normalized spacial score (nSPS) is 10.9. The highest BCUT2D eigenvalue weighted by Crippen LogP contribution is 2.21. The summed E-state index contributed by atoms with van der Waals surface area (Å²) in [6.07, 6.45) is 0.295. The number of para-hydroxylation sites is 1. The molecule has 0 aliphatic rings. The van der Waals surface area contributed by atoms with Crippen molar-refractivity contribution in [2.45, 2.75) is 25.8 Å². The molecule has 4 nitrogen and oxygen atoms in total. The van der Waals surface area contributed by atoms with Gasteiger partial charge < -0.3 is 10.3 Å². The molecule has 2 N–H and O–H groups in total. The van der Waals surface area contributed by atoms with Crippen molar-refractivity contribution in [1.29, 1.82) is 0 Å². The third-order valence-corrected chi connectivity index (χ3v) is 3.00. The summed E-state index contributed by atoms with van der Waals surface area (Å²) in [6, 6.07) is 5.95. The molecule has 0 bridgehead atoms. The average molecular weight is 252 g/mol. The number of hydrogen-bond acceptors (Lipinski definition) is 2. The van der Waals surface area contributed by atoms with E-state index < -0.39 is 0 Å². The van der Waals surface area contributed by atoms with E-state index in [1.807, 2.05) is 29.7 Å². The highest BCUT2D eigenvalue weighted by atomic mass is 35.5. The molecule has 0 radical (unpaired) electrons. The molecule has 2 rings (SSSR count). The van der Waals surface area contributed by atoms with Crippen LogP contribution in [0.1, 0.15) is 17.8 Å². The Hall–Kier alpha value is -1.55. The van der Waals surface area contributed by atoms with Crippen LogP contribution in [0.2, 0.25) is 0 Å². The molecule has 1 amide bonds. The van der Waals surface area contributed by atoms with Crippen molar-refractivity contribution in [3.63, 3.8) is 0 Å². The van der Waals surface area contributed by atoms with Crippen LogP contribution < -0.4 is 5.73 Å². The molecule has 1 aromatic heterocycles. The fraction of sp³-hybridized carbons (Fsp3) is 0.333. The summed E-state index contributed by atoms with van der Waals surface area (Å²) < 4.78 is 1.96. The van der Waals surface area contributed by atoms with Gasteiger partial charge in [0.2, 0.25) is 5.91 Å². The fourth-order valence-electron chi connectivity index (χ4n) is 1.91. The lowest BCUT2D eigenvalue weighted by Gasteiger charge is -2.05. The summed E-state index contributed by atoms with van der Waals surface area (Å²) in [4.78, 5) is 15.3. The molecular weight excluding hydrogens is 238 g/mol. The number of primary amides is 1. The topological polar surface area (TPSA) is 60.9 Å². The number of carbonyl (C=O) groups is 1. The van der Waals surface area contributed by atoms with Crippen LogP contribution in [0.5, 0.6) is 0 Å². The molecule has 17 heavy (non-hydrogen) atoms. The predicted molar refractivity (Wildman–Crippen MR) is 67.8 cm³/mol. The standard InChI is InChI=1S/C12H14ClN3O/c1-8-3-2-4-9-12(8)15-11(7-13)16(9)6-5-10(14)17/h2-4H,5-7H2,1H3,(H2,14,17). The van der Waals surface area contributed by atoms with Gasteiger partial charge in [0, 0.05) is 13.0 Å². The third kappa shape index (κ3) is 2.26. The first kappa shape index (κ1) is 11.9. The number of fused-ring (bicyclic) bond motifs is 1. The van der Waals surface area contributed by atoms with Crippen molar-refractivity contribution in [3.05, 3.63) is 29.6 Å². The number of alkyl halides is 1. The molecule has 0 spiro atoms. The number of rotatable bonds is 4. The molecule has 0 saturated heterocycles. The zero-order chi connectivity index (χ0) is 12.4. The number of benzene rings is 1. The Morgan fingerprint density at radius 1 is 1.53 bits per heavy atom. The lowest BCUT2D eigenvalue weighted by atomic mass is 10.2. The molecule has 0 aliphatic carbocycles. The average Bonchev–Trinajstić information content (AvgIpc) is 2.66. The first-order valence-electron chi connectivity index (χ1n) is 5.42. The molecule has 0 atom stereocenters. The number of amides is 1. The minimum Gasteiger partial charge on any atom is -0.370 e. The Bertz CT molecular complexity index is 562. The van der Waals surface area contributed by atoms with E-state index in [-0.39, 0.29) is 5.91 Å². The lowest BCUT2D eigenvalue weighted by molar-refractivity contribution is -0.118. The van der Waals surface area contributed by atoms with Gasteiger partial charge in [0.05, 0.1) is 16.9 Å². The van der Waals surface area contributed by atoms with Crippen molar-refractivity contribution in [2.75, 3.05) is 0 Å². The molecule has 2 aromatic rings. The van der Waals surface area contributed by atoms with E-state index >= 15 is 0 Å². The van der Waals surface area contributed by atoms with Crippen molar-refractivity contribution < 1.29 is 4.79 Å². The van der Waals surface area contributed by atoms with E-state index in [0.29, 0.717) is 18.8 Å². The maximum absolute atomic E-state index is 10.9. The zero-order valence-electron chi connectivity index (χ0n) is 9.61. The number of nitrogens with two attached hydrogens (primary N) is 1. The molecule has 0 unspecified atom stereocenters. The van der Waals surface area contributed by atoms with Gasteiger partial charge in [-0.2, -0.15) is 0 Å². The van der Waals surface area contributed by atoms with Gasteiger partial charge in [0.25, 0.3) is 0 Å². The second-order valence-electron chi connectivity index (χ2n) is 3.97. The van der Waals surface area contributed by atoms with Gasteiger partial charge in [-0.05, 0) is 18.6 Å². The van der Waals surface area contributed by atoms with Gasteiger partial charge in [-0.15, -0.1) is 11.6 Å². The van der Waals surface area contributed by atoms with E-state index in [1.54, 1.807) is 0 Å². The number of hydrogen-bond donors (Lipinski definition) is 1. The maximum Gasteiger partial charge on any atom is 0.219 e. The minimum absolute atomic E-state index is 0.295. The van der Waals surface area contributed by atoms with Crippen molar-refractivity contribution in [1.82, 2.24) is 9.55 Å². The smallest absolute Gasteiger partial charge is 0.219 e. The van der Waals surface area contributed by atoms with Gasteiger partial charge in [0.15, 0.2) is 0 Å². The van der Waals surface area contributed by atoms with E-state index in [9.17, 15) is 4.79 Å². The van der Waals surface area contributed by atoms with Crippen LogP contribution in [-0.2, 0) is 17.2 Å². The van der Waals surface area contributed by atoms with Crippen molar-refractivity contribution >= 4 is 28.5 Å². The Labute approximate surface area is 104 Å². The van der Waals surface area contributed by atoms with Crippen LogP contribution in [0, 0.1) is 6.92 Å². The second kappa shape index (κ2) is 4.75. The van der Waals surface area contributed by atoms with Gasteiger partial charge in [0.1, 0.15) is 5.82 Å². The van der Waals surface area contributed by atoms with Gasteiger partial charge in [-0.3, -0.25) is 4.79 Å². The quantitative estimate of drug-likeness (QED) is 0.845. The van der Waals surface area contributed by atoms with Crippen LogP contribution >= 0.6 is 11.6 Å². The van der Waals surface area contributed by atoms with E-state index in [1.165, 1.54) is 0 Å². The molecule has 90 valence electrons. The minimum atomic E-state index is -0.319. The molecule has 0 fully saturated rings. The zero-order valence-corrected chi connectivity index (χ0v) is 10.4. The summed E-state index contributed by atoms with van der Waals surface area (Å²) in [7, 11) is 0. The molecule has 0 saturated carbocycles. The van der Waals surface area contributed by atoms with Crippen molar-refractivity contribution in [3.8, 4) is 0 Å². The molecular formula is C12H14ClN3O. The van der Waals surface area contributed by atoms with E-state index in [4.69, 9.17) is 17.3 Å². The summed E-state index contributed by atoms with van der Waals surface area (Å²) in [6.45, 7) is 2.53. The molecule has 1 heterocycles. The van der Waals surface area contributed by atoms with Crippen LogP contribution in [0.4, 0.5) is 0 Å². The number of imidazole rings is 1. The fourth-order valence-corrected chi connectivity index (χ4v) is 2.11. The first-order chi connectivity index (χ1) is 8.13. The van der Waals surface area contributed by atoms with Crippen LogP contribution in [0.15, 0.2) is 18.2 Å². The molecule has 5 heteroatoms. The Balaban J connectivity index is 2.51. The highest BCUT2D eigenvalue weighted by Gasteiger charge is 2.11. The third-order valence-electron chi connectivity index (χ3n) is 2.76. The Morgan fingerprint density at radius 2 is 2.29 bits per heavy atom. The predicted octanol–water partition coefficient (Wildman–Crippen LogP) is 1.96. The molecule has 1 aromatic carbocycles. The number of halogens is 1. The maximum atomic E-state index is 10.9. The van der Waals surface area contributed by atoms with Crippen molar-refractivity contribution in [2.24, 2.45) is 5.73 Å². The number of aryl methyl sites for hydroxylation is 2. The molecule has 0 aliphatic heterocycles.